The molecule has 1 N–H and O–H groups in total. The van der Waals surface area contributed by atoms with E-state index in [0.717, 1.165) is 22.0 Å². The van der Waals surface area contributed by atoms with Gasteiger partial charge >= 0.3 is 0 Å². The number of carbonyl (C=O) groups excluding carboxylic acids is 1. The molecule has 1 amide bonds. The van der Waals surface area contributed by atoms with Gasteiger partial charge in [0.15, 0.2) is 0 Å². The van der Waals surface area contributed by atoms with E-state index in [4.69, 9.17) is 0 Å². The highest BCUT2D eigenvalue weighted by atomic mass is 16.3. The van der Waals surface area contributed by atoms with Crippen LogP contribution in [0.5, 0.6) is 0 Å². The average molecular weight is 389 g/mol. The van der Waals surface area contributed by atoms with Gasteiger partial charge in [0.05, 0.1) is 11.1 Å². The van der Waals surface area contributed by atoms with Crippen LogP contribution in [0.1, 0.15) is 23.2 Å². The van der Waals surface area contributed by atoms with E-state index < -0.39 is 5.60 Å². The van der Waals surface area contributed by atoms with Gasteiger partial charge in [-0.2, -0.15) is 0 Å². The number of pyridine rings is 1. The molecule has 1 aliphatic heterocycles. The summed E-state index contributed by atoms with van der Waals surface area (Å²) in [6.07, 6.45) is 3.02. The third-order valence-corrected chi connectivity index (χ3v) is 5.67. The first kappa shape index (κ1) is 19.6. The highest BCUT2D eigenvalue weighted by molar-refractivity contribution is 5.96. The van der Waals surface area contributed by atoms with Gasteiger partial charge in [-0.3, -0.25) is 9.78 Å². The second-order valence-corrected chi connectivity index (χ2v) is 8.21. The lowest BCUT2D eigenvalue weighted by molar-refractivity contribution is -0.0324. The largest absolute Gasteiger partial charge is 0.388 e. The van der Waals surface area contributed by atoms with Gasteiger partial charge in [-0.1, -0.05) is 36.4 Å². The Kier molecular flexibility index (Phi) is 5.35. The number of likely N-dealkylation sites (N-methyl/N-ethyl adjacent to an activating group) is 1. The minimum atomic E-state index is -0.703. The second-order valence-electron chi connectivity index (χ2n) is 8.21. The Bertz CT molecular complexity index is 1000. The van der Waals surface area contributed by atoms with Gasteiger partial charge in [0.1, 0.15) is 0 Å². The summed E-state index contributed by atoms with van der Waals surface area (Å²) in [5.74, 6) is 0.0273. The molecule has 0 spiro atoms. The van der Waals surface area contributed by atoms with Crippen molar-refractivity contribution in [1.29, 1.82) is 0 Å². The Morgan fingerprint density at radius 3 is 2.45 bits per heavy atom. The molecule has 0 saturated carbocycles. The van der Waals surface area contributed by atoms with Crippen LogP contribution in [0.25, 0.3) is 22.0 Å². The van der Waals surface area contributed by atoms with E-state index in [1.54, 1.807) is 6.20 Å². The van der Waals surface area contributed by atoms with Gasteiger partial charge in [0, 0.05) is 42.3 Å². The summed E-state index contributed by atoms with van der Waals surface area (Å²) in [6, 6.07) is 17.9. The van der Waals surface area contributed by atoms with Gasteiger partial charge in [-0.25, -0.2) is 0 Å². The molecule has 0 bridgehead atoms. The van der Waals surface area contributed by atoms with Crippen LogP contribution in [0.2, 0.25) is 0 Å². The monoisotopic (exact) mass is 389 g/mol. The molecule has 0 unspecified atom stereocenters. The molecule has 2 aromatic carbocycles. The number of amides is 1. The molecule has 0 atom stereocenters. The molecule has 1 fully saturated rings. The van der Waals surface area contributed by atoms with Crippen LogP contribution >= 0.6 is 0 Å². The topological polar surface area (TPSA) is 56.7 Å². The molecule has 0 aliphatic carbocycles. The van der Waals surface area contributed by atoms with E-state index in [9.17, 15) is 9.90 Å². The number of hydrogen-bond acceptors (Lipinski definition) is 4. The van der Waals surface area contributed by atoms with Crippen molar-refractivity contribution in [1.82, 2.24) is 14.8 Å². The number of hydrogen-bond donors (Lipinski definition) is 1. The lowest BCUT2D eigenvalue weighted by Crippen LogP contribution is -2.51. The van der Waals surface area contributed by atoms with Crippen molar-refractivity contribution in [2.75, 3.05) is 33.7 Å². The van der Waals surface area contributed by atoms with Crippen molar-refractivity contribution in [2.45, 2.75) is 18.4 Å². The number of benzene rings is 2. The van der Waals surface area contributed by atoms with Crippen LogP contribution in [-0.4, -0.2) is 65.1 Å². The lowest BCUT2D eigenvalue weighted by Gasteiger charge is -2.39. The van der Waals surface area contributed by atoms with Crippen molar-refractivity contribution < 1.29 is 9.90 Å². The van der Waals surface area contributed by atoms with E-state index >= 15 is 0 Å². The zero-order valence-corrected chi connectivity index (χ0v) is 17.0. The summed E-state index contributed by atoms with van der Waals surface area (Å²) in [4.78, 5) is 21.3. The Morgan fingerprint density at radius 2 is 1.76 bits per heavy atom. The number of rotatable bonds is 4. The molecule has 1 aliphatic rings. The van der Waals surface area contributed by atoms with E-state index in [0.29, 0.717) is 38.0 Å². The molecule has 1 saturated heterocycles. The summed E-state index contributed by atoms with van der Waals surface area (Å²) < 4.78 is 0. The predicted octanol–water partition coefficient (Wildman–Crippen LogP) is 3.43. The summed E-state index contributed by atoms with van der Waals surface area (Å²) in [5, 5.41) is 11.8. The summed E-state index contributed by atoms with van der Waals surface area (Å²) >= 11 is 0. The molecular weight excluding hydrogens is 362 g/mol. The Morgan fingerprint density at radius 1 is 1.07 bits per heavy atom. The summed E-state index contributed by atoms with van der Waals surface area (Å²) in [7, 11) is 3.92. The van der Waals surface area contributed by atoms with Gasteiger partial charge in [-0.15, -0.1) is 0 Å². The fourth-order valence-corrected chi connectivity index (χ4v) is 4.18. The summed E-state index contributed by atoms with van der Waals surface area (Å²) in [5.41, 5.74) is 3.05. The van der Waals surface area contributed by atoms with Crippen molar-refractivity contribution in [3.05, 3.63) is 66.4 Å². The fourth-order valence-electron chi connectivity index (χ4n) is 4.18. The SMILES string of the molecule is CN(C)CC1(O)CCN(C(=O)c2ccc(-c3cccc4cccnc34)cc2)CC1. The first-order chi connectivity index (χ1) is 14.0. The number of aromatic nitrogens is 1. The number of aliphatic hydroxyl groups is 1. The average Bonchev–Trinajstić information content (AvgIpc) is 2.73. The first-order valence-electron chi connectivity index (χ1n) is 10.1. The Labute approximate surface area is 171 Å². The lowest BCUT2D eigenvalue weighted by atomic mass is 9.90. The molecule has 1 aromatic heterocycles. The number of carbonyl (C=O) groups is 1. The van der Waals surface area contributed by atoms with Crippen LogP contribution in [0.4, 0.5) is 0 Å². The number of para-hydroxylation sites is 1. The number of piperidine rings is 1. The van der Waals surface area contributed by atoms with Crippen molar-refractivity contribution in [2.24, 2.45) is 0 Å². The van der Waals surface area contributed by atoms with Gasteiger partial charge < -0.3 is 14.9 Å². The minimum absolute atomic E-state index is 0.0273. The van der Waals surface area contributed by atoms with Crippen LogP contribution in [0.3, 0.4) is 0 Å². The van der Waals surface area contributed by atoms with Gasteiger partial charge in [-0.05, 0) is 50.7 Å². The van der Waals surface area contributed by atoms with Crippen LogP contribution in [-0.2, 0) is 0 Å². The van der Waals surface area contributed by atoms with Crippen LogP contribution in [0, 0.1) is 0 Å². The number of fused-ring (bicyclic) bond motifs is 1. The quantitative estimate of drug-likeness (QED) is 0.743. The zero-order valence-electron chi connectivity index (χ0n) is 17.0. The van der Waals surface area contributed by atoms with Gasteiger partial charge in [0.25, 0.3) is 5.91 Å². The number of nitrogens with zero attached hydrogens (tertiary/aromatic N) is 3. The fraction of sp³-hybridized carbons (Fsp3) is 0.333. The smallest absolute Gasteiger partial charge is 0.253 e. The molecule has 2 heterocycles. The van der Waals surface area contributed by atoms with Crippen LogP contribution in [0.15, 0.2) is 60.8 Å². The molecule has 5 nitrogen and oxygen atoms in total. The molecule has 150 valence electrons. The maximum absolute atomic E-state index is 12.9. The standard InChI is InChI=1S/C24H27N3O2/c1-26(2)17-24(29)12-15-27(16-13-24)23(28)20-10-8-18(9-11-20)21-7-3-5-19-6-4-14-25-22(19)21/h3-11,14,29H,12-13,15-17H2,1-2H3. The number of likely N-dealkylation sites (tertiary alicyclic amines) is 1. The maximum Gasteiger partial charge on any atom is 0.253 e. The second kappa shape index (κ2) is 7.93. The zero-order chi connectivity index (χ0) is 20.4. The van der Waals surface area contributed by atoms with Crippen molar-refractivity contribution in [3.63, 3.8) is 0 Å². The predicted molar refractivity (Wildman–Crippen MR) is 116 cm³/mol. The molecule has 4 rings (SSSR count). The van der Waals surface area contributed by atoms with E-state index in [1.807, 2.05) is 60.3 Å². The van der Waals surface area contributed by atoms with Crippen molar-refractivity contribution in [3.8, 4) is 11.1 Å². The third kappa shape index (κ3) is 4.16. The van der Waals surface area contributed by atoms with Gasteiger partial charge in [0.2, 0.25) is 0 Å². The maximum atomic E-state index is 12.9. The minimum Gasteiger partial charge on any atom is -0.388 e. The van der Waals surface area contributed by atoms with E-state index in [2.05, 4.69) is 23.2 Å². The molecule has 3 aromatic rings. The Balaban J connectivity index is 1.49. The molecule has 0 radical (unpaired) electrons. The van der Waals surface area contributed by atoms with E-state index in [1.165, 1.54) is 0 Å². The molecule has 29 heavy (non-hydrogen) atoms. The summed E-state index contributed by atoms with van der Waals surface area (Å²) in [6.45, 7) is 1.79. The molecular formula is C24H27N3O2. The normalized spacial score (nSPS) is 16.3. The van der Waals surface area contributed by atoms with Crippen molar-refractivity contribution >= 4 is 16.8 Å². The van der Waals surface area contributed by atoms with E-state index in [-0.39, 0.29) is 5.91 Å². The molecule has 5 heteroatoms. The Hall–Kier alpha value is -2.76. The highest BCUT2D eigenvalue weighted by Crippen LogP contribution is 2.28. The first-order valence-corrected chi connectivity index (χ1v) is 10.1. The van der Waals surface area contributed by atoms with Crippen LogP contribution < -0.4 is 0 Å². The third-order valence-electron chi connectivity index (χ3n) is 5.67. The highest BCUT2D eigenvalue weighted by Gasteiger charge is 2.34.